The van der Waals surface area contributed by atoms with E-state index < -0.39 is 5.79 Å². The predicted molar refractivity (Wildman–Crippen MR) is 105 cm³/mol. The lowest BCUT2D eigenvalue weighted by molar-refractivity contribution is -0.193. The van der Waals surface area contributed by atoms with Gasteiger partial charge < -0.3 is 14.2 Å². The Morgan fingerprint density at radius 3 is 2.79 bits per heavy atom. The van der Waals surface area contributed by atoms with Gasteiger partial charge in [-0.15, -0.1) is 0 Å². The molecule has 8 heteroatoms. The molecule has 1 fully saturated rings. The molecule has 1 aliphatic heterocycles. The summed E-state index contributed by atoms with van der Waals surface area (Å²) in [5, 5.41) is 5.19. The summed E-state index contributed by atoms with van der Waals surface area (Å²) in [6, 6.07) is 15.2. The van der Waals surface area contributed by atoms with E-state index in [1.807, 2.05) is 36.4 Å². The van der Waals surface area contributed by atoms with Crippen molar-refractivity contribution >= 4 is 23.2 Å². The topological polar surface area (TPSA) is 58.4 Å². The quantitative estimate of drug-likeness (QED) is 0.577. The van der Waals surface area contributed by atoms with Crippen LogP contribution < -0.4 is 0 Å². The maximum absolute atomic E-state index is 6.45. The van der Waals surface area contributed by atoms with Crippen LogP contribution in [0.4, 0.5) is 0 Å². The number of aromatic nitrogens is 3. The molecular weight excluding hydrogens is 401 g/mol. The van der Waals surface area contributed by atoms with Crippen LogP contribution in [0.15, 0.2) is 61.2 Å². The normalized spacial score (nSPS) is 21.9. The fraction of sp³-hybridized carbons (Fsp3) is 0.300. The fourth-order valence-electron chi connectivity index (χ4n) is 3.16. The Kier molecular flexibility index (Phi) is 5.94. The van der Waals surface area contributed by atoms with E-state index in [-0.39, 0.29) is 6.10 Å². The molecule has 2 heterocycles. The van der Waals surface area contributed by atoms with Crippen LogP contribution in [0.1, 0.15) is 11.1 Å². The highest BCUT2D eigenvalue weighted by Gasteiger charge is 2.45. The van der Waals surface area contributed by atoms with Crippen molar-refractivity contribution in [2.75, 3.05) is 13.2 Å². The fourth-order valence-corrected chi connectivity index (χ4v) is 3.72. The van der Waals surface area contributed by atoms with Crippen molar-refractivity contribution in [2.24, 2.45) is 0 Å². The molecule has 2 atom stereocenters. The van der Waals surface area contributed by atoms with Crippen LogP contribution in [0.2, 0.25) is 10.0 Å². The first-order valence-corrected chi connectivity index (χ1v) is 9.62. The molecule has 1 aliphatic rings. The van der Waals surface area contributed by atoms with Gasteiger partial charge in [-0.25, -0.2) is 9.67 Å². The first kappa shape index (κ1) is 19.4. The third kappa shape index (κ3) is 4.37. The summed E-state index contributed by atoms with van der Waals surface area (Å²) in [5.41, 5.74) is 1.80. The number of benzene rings is 2. The Hall–Kier alpha value is -1.96. The molecule has 146 valence electrons. The highest BCUT2D eigenvalue weighted by molar-refractivity contribution is 6.35. The first-order valence-electron chi connectivity index (χ1n) is 8.86. The predicted octanol–water partition coefficient (Wildman–Crippen LogP) is 4.07. The molecule has 0 spiro atoms. The van der Waals surface area contributed by atoms with Gasteiger partial charge in [0.05, 0.1) is 24.8 Å². The van der Waals surface area contributed by atoms with Crippen molar-refractivity contribution in [3.05, 3.63) is 82.4 Å². The van der Waals surface area contributed by atoms with Crippen molar-refractivity contribution in [3.63, 3.8) is 0 Å². The van der Waals surface area contributed by atoms with Gasteiger partial charge in [0, 0.05) is 10.6 Å². The van der Waals surface area contributed by atoms with Gasteiger partial charge in [0.2, 0.25) is 5.79 Å². The molecule has 28 heavy (non-hydrogen) atoms. The zero-order valence-corrected chi connectivity index (χ0v) is 16.5. The summed E-state index contributed by atoms with van der Waals surface area (Å²) in [4.78, 5) is 3.99. The second kappa shape index (κ2) is 8.59. The second-order valence-corrected chi connectivity index (χ2v) is 7.37. The van der Waals surface area contributed by atoms with Gasteiger partial charge >= 0.3 is 0 Å². The molecule has 0 amide bonds. The van der Waals surface area contributed by atoms with Gasteiger partial charge in [0.1, 0.15) is 25.3 Å². The van der Waals surface area contributed by atoms with E-state index in [0.29, 0.717) is 42.0 Å². The minimum atomic E-state index is -1.09. The third-order valence-corrected chi connectivity index (χ3v) is 5.00. The summed E-state index contributed by atoms with van der Waals surface area (Å²) in [6.45, 7) is 1.60. The first-order chi connectivity index (χ1) is 13.6. The van der Waals surface area contributed by atoms with Crippen LogP contribution in [0.5, 0.6) is 0 Å². The lowest BCUT2D eigenvalue weighted by Crippen LogP contribution is -2.34. The summed E-state index contributed by atoms with van der Waals surface area (Å²) in [5.74, 6) is -1.09. The Morgan fingerprint density at radius 2 is 2.04 bits per heavy atom. The molecule has 0 aliphatic carbocycles. The monoisotopic (exact) mass is 419 g/mol. The Bertz CT molecular complexity index is 908. The van der Waals surface area contributed by atoms with E-state index in [9.17, 15) is 0 Å². The molecule has 1 saturated heterocycles. The van der Waals surface area contributed by atoms with Crippen molar-refractivity contribution in [1.29, 1.82) is 0 Å². The number of rotatable bonds is 7. The third-order valence-electron chi connectivity index (χ3n) is 4.45. The molecule has 1 aromatic heterocycles. The lowest BCUT2D eigenvalue weighted by atomic mass is 10.1. The minimum absolute atomic E-state index is 0.237. The maximum Gasteiger partial charge on any atom is 0.217 e. The Balaban J connectivity index is 1.49. The summed E-state index contributed by atoms with van der Waals surface area (Å²) >= 11 is 12.5. The molecule has 0 saturated carbocycles. The van der Waals surface area contributed by atoms with E-state index in [1.165, 1.54) is 6.33 Å². The smallest absolute Gasteiger partial charge is 0.217 e. The number of nitrogens with zero attached hydrogens (tertiary/aromatic N) is 3. The SMILES string of the molecule is Clc1ccc([C@]2(Cn3cncn3)OC[C@@H](COCc3ccccc3)O2)c(Cl)c1. The molecule has 6 nitrogen and oxygen atoms in total. The van der Waals surface area contributed by atoms with Crippen LogP contribution in [0.3, 0.4) is 0 Å². The van der Waals surface area contributed by atoms with Crippen molar-refractivity contribution in [3.8, 4) is 0 Å². The highest BCUT2D eigenvalue weighted by atomic mass is 35.5. The molecule has 0 N–H and O–H groups in total. The average molecular weight is 420 g/mol. The van der Waals surface area contributed by atoms with E-state index in [1.54, 1.807) is 23.1 Å². The van der Waals surface area contributed by atoms with E-state index >= 15 is 0 Å². The average Bonchev–Trinajstić information content (AvgIpc) is 3.34. The van der Waals surface area contributed by atoms with Gasteiger partial charge in [-0.2, -0.15) is 5.10 Å². The van der Waals surface area contributed by atoms with Crippen molar-refractivity contribution in [1.82, 2.24) is 14.8 Å². The standard InChI is InChI=1S/C20H19Cl2N3O3/c21-16-6-7-18(19(22)8-16)20(12-25-14-23-13-24-25)27-11-17(28-20)10-26-9-15-4-2-1-3-5-15/h1-8,13-14,17H,9-12H2/t17-,20-/m1/s1. The second-order valence-electron chi connectivity index (χ2n) is 6.52. The zero-order chi connectivity index (χ0) is 19.4. The van der Waals surface area contributed by atoms with E-state index in [4.69, 9.17) is 37.4 Å². The maximum atomic E-state index is 6.45. The van der Waals surface area contributed by atoms with Crippen LogP contribution in [-0.2, 0) is 33.1 Å². The van der Waals surface area contributed by atoms with Gasteiger partial charge in [0.15, 0.2) is 0 Å². The Morgan fingerprint density at radius 1 is 1.18 bits per heavy atom. The van der Waals surface area contributed by atoms with Crippen LogP contribution >= 0.6 is 23.2 Å². The Labute approximate surface area is 173 Å². The van der Waals surface area contributed by atoms with Gasteiger partial charge in [0.25, 0.3) is 0 Å². The van der Waals surface area contributed by atoms with Crippen molar-refractivity contribution < 1.29 is 14.2 Å². The minimum Gasteiger partial charge on any atom is -0.374 e. The molecule has 4 rings (SSSR count). The molecule has 0 radical (unpaired) electrons. The largest absolute Gasteiger partial charge is 0.374 e. The van der Waals surface area contributed by atoms with Gasteiger partial charge in [-0.1, -0.05) is 59.6 Å². The molecule has 3 aromatic rings. The van der Waals surface area contributed by atoms with E-state index in [0.717, 1.165) is 5.56 Å². The van der Waals surface area contributed by atoms with Crippen LogP contribution in [0.25, 0.3) is 0 Å². The molecule has 0 bridgehead atoms. The van der Waals surface area contributed by atoms with Crippen LogP contribution in [-0.4, -0.2) is 34.1 Å². The molecule has 2 aromatic carbocycles. The number of hydrogen-bond acceptors (Lipinski definition) is 5. The summed E-state index contributed by atoms with van der Waals surface area (Å²) in [6.07, 6.45) is 2.84. The summed E-state index contributed by atoms with van der Waals surface area (Å²) < 4.78 is 19.9. The van der Waals surface area contributed by atoms with Gasteiger partial charge in [-0.3, -0.25) is 0 Å². The van der Waals surface area contributed by atoms with Crippen LogP contribution in [0, 0.1) is 0 Å². The molecule has 0 unspecified atom stereocenters. The van der Waals surface area contributed by atoms with Gasteiger partial charge in [-0.05, 0) is 17.7 Å². The number of ether oxygens (including phenoxy) is 3. The summed E-state index contributed by atoms with van der Waals surface area (Å²) in [7, 11) is 0. The molecular formula is C20H19Cl2N3O3. The van der Waals surface area contributed by atoms with E-state index in [2.05, 4.69) is 10.1 Å². The number of hydrogen-bond donors (Lipinski definition) is 0. The van der Waals surface area contributed by atoms with Crippen molar-refractivity contribution in [2.45, 2.75) is 25.0 Å². The highest BCUT2D eigenvalue weighted by Crippen LogP contribution is 2.40. The lowest BCUT2D eigenvalue weighted by Gasteiger charge is -2.29. The zero-order valence-electron chi connectivity index (χ0n) is 15.0. The number of halogens is 2.